The Morgan fingerprint density at radius 2 is 1.94 bits per heavy atom. The van der Waals surface area contributed by atoms with Crippen molar-refractivity contribution in [2.75, 3.05) is 14.2 Å². The lowest BCUT2D eigenvalue weighted by Crippen LogP contribution is -2.25. The zero-order valence-corrected chi connectivity index (χ0v) is 10.8. The van der Waals surface area contributed by atoms with Crippen LogP contribution in [0, 0.1) is 11.3 Å². The minimum Gasteiger partial charge on any atom is -0.493 e. The second kappa shape index (κ2) is 5.41. The van der Waals surface area contributed by atoms with Gasteiger partial charge in [-0.1, -0.05) is 0 Å². The van der Waals surface area contributed by atoms with Gasteiger partial charge >= 0.3 is 5.97 Å². The van der Waals surface area contributed by atoms with Crippen molar-refractivity contribution in [2.45, 2.75) is 19.4 Å². The second-order valence-electron chi connectivity index (χ2n) is 4.08. The number of benzene rings is 1. The van der Waals surface area contributed by atoms with E-state index < -0.39 is 11.6 Å². The van der Waals surface area contributed by atoms with E-state index in [0.717, 1.165) is 0 Å². The Labute approximate surface area is 106 Å². The van der Waals surface area contributed by atoms with Crippen molar-refractivity contribution in [3.63, 3.8) is 0 Å². The maximum absolute atomic E-state index is 11.4. The van der Waals surface area contributed by atoms with E-state index in [1.54, 1.807) is 26.0 Å². The average molecular weight is 249 g/mol. The first-order valence-corrected chi connectivity index (χ1v) is 5.30. The fourth-order valence-corrected chi connectivity index (χ4v) is 1.29. The lowest BCUT2D eigenvalue weighted by Gasteiger charge is -2.20. The van der Waals surface area contributed by atoms with Gasteiger partial charge in [-0.25, -0.2) is 4.79 Å². The minimum atomic E-state index is -0.972. The van der Waals surface area contributed by atoms with Crippen LogP contribution in [0.2, 0.25) is 0 Å². The molecule has 0 saturated carbocycles. The SMILES string of the molecule is COC(=O)c1ccc(OC(C)(C)C#N)c(OC)c1. The fraction of sp³-hybridized carbons (Fsp3) is 0.385. The topological polar surface area (TPSA) is 68.5 Å². The largest absolute Gasteiger partial charge is 0.493 e. The molecule has 0 aliphatic rings. The van der Waals surface area contributed by atoms with Gasteiger partial charge in [-0.2, -0.15) is 5.26 Å². The maximum atomic E-state index is 11.4. The Balaban J connectivity index is 3.09. The van der Waals surface area contributed by atoms with Gasteiger partial charge < -0.3 is 14.2 Å². The van der Waals surface area contributed by atoms with Crippen molar-refractivity contribution in [1.29, 1.82) is 5.26 Å². The molecule has 0 radical (unpaired) electrons. The number of hydrogen-bond acceptors (Lipinski definition) is 5. The van der Waals surface area contributed by atoms with E-state index in [4.69, 9.17) is 14.7 Å². The van der Waals surface area contributed by atoms with E-state index in [-0.39, 0.29) is 0 Å². The molecule has 96 valence electrons. The third kappa shape index (κ3) is 3.14. The molecule has 0 amide bonds. The first-order chi connectivity index (χ1) is 8.43. The van der Waals surface area contributed by atoms with Crippen LogP contribution < -0.4 is 9.47 Å². The summed E-state index contributed by atoms with van der Waals surface area (Å²) in [6.45, 7) is 3.28. The van der Waals surface area contributed by atoms with Crippen LogP contribution >= 0.6 is 0 Å². The maximum Gasteiger partial charge on any atom is 0.337 e. The van der Waals surface area contributed by atoms with E-state index in [1.165, 1.54) is 20.3 Å². The minimum absolute atomic E-state index is 0.358. The molecule has 0 fully saturated rings. The number of methoxy groups -OCH3 is 2. The lowest BCUT2D eigenvalue weighted by molar-refractivity contribution is 0.0600. The highest BCUT2D eigenvalue weighted by Gasteiger charge is 2.21. The van der Waals surface area contributed by atoms with Crippen LogP contribution in [0.15, 0.2) is 18.2 Å². The molecule has 1 rings (SSSR count). The first-order valence-electron chi connectivity index (χ1n) is 5.30. The van der Waals surface area contributed by atoms with Gasteiger partial charge in [-0.15, -0.1) is 0 Å². The summed E-state index contributed by atoms with van der Waals surface area (Å²) in [7, 11) is 2.76. The number of hydrogen-bond donors (Lipinski definition) is 0. The summed E-state index contributed by atoms with van der Waals surface area (Å²) in [6, 6.07) is 6.66. The summed E-state index contributed by atoms with van der Waals surface area (Å²) >= 11 is 0. The highest BCUT2D eigenvalue weighted by molar-refractivity contribution is 5.90. The number of nitrogens with zero attached hydrogens (tertiary/aromatic N) is 1. The summed E-state index contributed by atoms with van der Waals surface area (Å²) in [5.41, 5.74) is -0.614. The quantitative estimate of drug-likeness (QED) is 0.765. The molecule has 0 spiro atoms. The van der Waals surface area contributed by atoms with E-state index in [9.17, 15) is 4.79 Å². The lowest BCUT2D eigenvalue weighted by atomic mass is 10.1. The molecular weight excluding hydrogens is 234 g/mol. The normalized spacial score (nSPS) is 10.4. The first kappa shape index (κ1) is 13.8. The van der Waals surface area contributed by atoms with Crippen LogP contribution in [0.25, 0.3) is 0 Å². The Morgan fingerprint density at radius 1 is 1.28 bits per heavy atom. The van der Waals surface area contributed by atoms with E-state index in [1.807, 2.05) is 6.07 Å². The Kier molecular flexibility index (Phi) is 4.16. The van der Waals surface area contributed by atoms with Gasteiger partial charge in [-0.3, -0.25) is 0 Å². The van der Waals surface area contributed by atoms with Gasteiger partial charge in [0.1, 0.15) is 6.07 Å². The monoisotopic (exact) mass is 249 g/mol. The molecule has 0 N–H and O–H groups in total. The molecule has 0 aliphatic carbocycles. The van der Waals surface area contributed by atoms with Crippen LogP contribution in [0.5, 0.6) is 11.5 Å². The summed E-state index contributed by atoms with van der Waals surface area (Å²) in [5.74, 6) is 0.317. The summed E-state index contributed by atoms with van der Waals surface area (Å²) in [4.78, 5) is 11.4. The summed E-state index contributed by atoms with van der Waals surface area (Å²) in [5, 5.41) is 8.91. The number of ether oxygens (including phenoxy) is 3. The van der Waals surface area contributed by atoms with Crippen LogP contribution in [0.4, 0.5) is 0 Å². The molecule has 5 nitrogen and oxygen atoms in total. The summed E-state index contributed by atoms with van der Waals surface area (Å²) < 4.78 is 15.2. The molecular formula is C13H15NO4. The van der Waals surface area contributed by atoms with Crippen LogP contribution in [0.3, 0.4) is 0 Å². The van der Waals surface area contributed by atoms with Crippen molar-refractivity contribution < 1.29 is 19.0 Å². The van der Waals surface area contributed by atoms with Crippen LogP contribution in [-0.2, 0) is 4.74 Å². The van der Waals surface area contributed by atoms with Crippen molar-refractivity contribution >= 4 is 5.97 Å². The Bertz CT molecular complexity index is 488. The zero-order valence-electron chi connectivity index (χ0n) is 10.8. The van der Waals surface area contributed by atoms with Gasteiger partial charge in [0, 0.05) is 0 Å². The predicted molar refractivity (Wildman–Crippen MR) is 64.7 cm³/mol. The number of nitriles is 1. The van der Waals surface area contributed by atoms with E-state index in [2.05, 4.69) is 4.74 Å². The number of esters is 1. The van der Waals surface area contributed by atoms with Crippen LogP contribution in [0.1, 0.15) is 24.2 Å². The molecule has 0 heterocycles. The third-order valence-electron chi connectivity index (χ3n) is 2.22. The van der Waals surface area contributed by atoms with Gasteiger partial charge in [0.15, 0.2) is 17.1 Å². The molecule has 1 aromatic carbocycles. The molecule has 0 bridgehead atoms. The average Bonchev–Trinajstić information content (AvgIpc) is 2.38. The standard InChI is InChI=1S/C13H15NO4/c1-13(2,8-14)18-10-6-5-9(12(15)17-4)7-11(10)16-3/h5-7H,1-4H3. The number of rotatable bonds is 4. The molecule has 0 saturated heterocycles. The Morgan fingerprint density at radius 3 is 2.44 bits per heavy atom. The van der Waals surface area contributed by atoms with E-state index in [0.29, 0.717) is 17.1 Å². The third-order valence-corrected chi connectivity index (χ3v) is 2.22. The molecule has 0 unspecified atom stereocenters. The molecule has 0 aliphatic heterocycles. The van der Waals surface area contributed by atoms with Gasteiger partial charge in [0.25, 0.3) is 0 Å². The fourth-order valence-electron chi connectivity index (χ4n) is 1.29. The van der Waals surface area contributed by atoms with Gasteiger partial charge in [-0.05, 0) is 32.0 Å². The molecule has 5 heteroatoms. The Hall–Kier alpha value is -2.22. The van der Waals surface area contributed by atoms with E-state index >= 15 is 0 Å². The van der Waals surface area contributed by atoms with Crippen LogP contribution in [-0.4, -0.2) is 25.8 Å². The number of carbonyl (C=O) groups is 1. The van der Waals surface area contributed by atoms with Crippen molar-refractivity contribution in [1.82, 2.24) is 0 Å². The van der Waals surface area contributed by atoms with Crippen molar-refractivity contribution in [3.05, 3.63) is 23.8 Å². The highest BCUT2D eigenvalue weighted by Crippen LogP contribution is 2.31. The molecule has 0 aromatic heterocycles. The smallest absolute Gasteiger partial charge is 0.337 e. The molecule has 0 atom stereocenters. The molecule has 1 aromatic rings. The number of carbonyl (C=O) groups excluding carboxylic acids is 1. The zero-order chi connectivity index (χ0) is 13.8. The van der Waals surface area contributed by atoms with Crippen molar-refractivity contribution in [3.8, 4) is 17.6 Å². The molecule has 18 heavy (non-hydrogen) atoms. The second-order valence-corrected chi connectivity index (χ2v) is 4.08. The van der Waals surface area contributed by atoms with Gasteiger partial charge in [0.2, 0.25) is 0 Å². The highest BCUT2D eigenvalue weighted by atomic mass is 16.5. The predicted octanol–water partition coefficient (Wildman–Crippen LogP) is 2.16. The van der Waals surface area contributed by atoms with Crippen molar-refractivity contribution in [2.24, 2.45) is 0 Å². The van der Waals surface area contributed by atoms with Gasteiger partial charge in [0.05, 0.1) is 19.8 Å². The summed E-state index contributed by atoms with van der Waals surface area (Å²) in [6.07, 6.45) is 0.